The molecule has 6 heteroatoms. The first-order valence-electron chi connectivity index (χ1n) is 8.90. The van der Waals surface area contributed by atoms with Crippen molar-refractivity contribution in [2.24, 2.45) is 0 Å². The van der Waals surface area contributed by atoms with Crippen LogP contribution in [0.25, 0.3) is 0 Å². The highest BCUT2D eigenvalue weighted by Gasteiger charge is 2.26. The number of hydrogen-bond acceptors (Lipinski definition) is 4. The number of hydrogen-bond donors (Lipinski definition) is 1. The molecule has 5 nitrogen and oxygen atoms in total. The first kappa shape index (κ1) is 17.2. The number of halogens is 1. The lowest BCUT2D eigenvalue weighted by Crippen LogP contribution is -2.47. The maximum atomic E-state index is 6.10. The number of piperazine rings is 1. The average molecular weight is 368 g/mol. The lowest BCUT2D eigenvalue weighted by Gasteiger charge is -2.39. The summed E-state index contributed by atoms with van der Waals surface area (Å²) in [4.78, 5) is 9.20. The number of nitrogens with one attached hydrogen (secondary N) is 1. The number of aromatic amines is 1. The second kappa shape index (κ2) is 7.99. The van der Waals surface area contributed by atoms with Crippen molar-refractivity contribution in [2.45, 2.75) is 12.6 Å². The third-order valence-electron chi connectivity index (χ3n) is 4.91. The fraction of sp³-hybridized carbons (Fsp3) is 0.300. The standard InChI is InChI=1S/C20H22ClN5/c21-18-8-6-17(7-9-18)20(16-4-2-1-3-5-16)26-12-10-25(11-13-26)14-19-22-15-23-24-19/h1-9,15,20H,10-14H2,(H,22,23,24). The molecule has 134 valence electrons. The molecule has 0 bridgehead atoms. The summed E-state index contributed by atoms with van der Waals surface area (Å²) < 4.78 is 0. The third-order valence-corrected chi connectivity index (χ3v) is 5.16. The minimum absolute atomic E-state index is 0.251. The molecule has 26 heavy (non-hydrogen) atoms. The SMILES string of the molecule is Clc1ccc(C(c2ccccc2)N2CCN(Cc3ncn[nH]3)CC2)cc1. The Morgan fingerprint density at radius 1 is 0.923 bits per heavy atom. The van der Waals surface area contributed by atoms with Crippen molar-refractivity contribution >= 4 is 11.6 Å². The Labute approximate surface area is 158 Å². The van der Waals surface area contributed by atoms with Crippen LogP contribution in [0.3, 0.4) is 0 Å². The summed E-state index contributed by atoms with van der Waals surface area (Å²) in [5, 5.41) is 7.66. The van der Waals surface area contributed by atoms with Crippen LogP contribution in [-0.2, 0) is 6.54 Å². The fourth-order valence-electron chi connectivity index (χ4n) is 3.59. The van der Waals surface area contributed by atoms with E-state index in [-0.39, 0.29) is 6.04 Å². The summed E-state index contributed by atoms with van der Waals surface area (Å²) >= 11 is 6.10. The fourth-order valence-corrected chi connectivity index (χ4v) is 3.72. The Hall–Kier alpha value is -2.21. The van der Waals surface area contributed by atoms with E-state index in [1.807, 2.05) is 12.1 Å². The Bertz CT molecular complexity index is 796. The Kier molecular flexibility index (Phi) is 5.29. The van der Waals surface area contributed by atoms with Gasteiger partial charge in [0.05, 0.1) is 12.6 Å². The largest absolute Gasteiger partial charge is 0.293 e. The molecule has 0 spiro atoms. The van der Waals surface area contributed by atoms with Gasteiger partial charge in [-0.1, -0.05) is 54.1 Å². The molecule has 2 heterocycles. The molecule has 1 unspecified atom stereocenters. The zero-order valence-electron chi connectivity index (χ0n) is 14.6. The molecule has 1 N–H and O–H groups in total. The van der Waals surface area contributed by atoms with Crippen LogP contribution >= 0.6 is 11.6 Å². The second-order valence-corrected chi connectivity index (χ2v) is 7.05. The summed E-state index contributed by atoms with van der Waals surface area (Å²) in [7, 11) is 0. The van der Waals surface area contributed by atoms with Gasteiger partial charge in [-0.15, -0.1) is 0 Å². The summed E-state index contributed by atoms with van der Waals surface area (Å²) in [5.74, 6) is 0.927. The minimum atomic E-state index is 0.251. The molecule has 0 radical (unpaired) electrons. The molecule has 1 saturated heterocycles. The van der Waals surface area contributed by atoms with Crippen LogP contribution in [0.5, 0.6) is 0 Å². The average Bonchev–Trinajstić information content (AvgIpc) is 3.19. The van der Waals surface area contributed by atoms with Gasteiger partial charge in [0.2, 0.25) is 0 Å². The van der Waals surface area contributed by atoms with Gasteiger partial charge in [0, 0.05) is 31.2 Å². The van der Waals surface area contributed by atoms with E-state index in [4.69, 9.17) is 11.6 Å². The number of aromatic nitrogens is 3. The van der Waals surface area contributed by atoms with Gasteiger partial charge in [0.15, 0.2) is 0 Å². The van der Waals surface area contributed by atoms with E-state index in [1.165, 1.54) is 11.1 Å². The smallest absolute Gasteiger partial charge is 0.138 e. The van der Waals surface area contributed by atoms with Crippen molar-refractivity contribution in [2.75, 3.05) is 26.2 Å². The summed E-state index contributed by atoms with van der Waals surface area (Å²) in [6.07, 6.45) is 1.57. The quantitative estimate of drug-likeness (QED) is 0.751. The summed E-state index contributed by atoms with van der Waals surface area (Å²) in [5.41, 5.74) is 2.60. The normalized spacial score (nSPS) is 17.3. The highest BCUT2D eigenvalue weighted by molar-refractivity contribution is 6.30. The van der Waals surface area contributed by atoms with Crippen molar-refractivity contribution in [3.63, 3.8) is 0 Å². The van der Waals surface area contributed by atoms with Crippen molar-refractivity contribution in [1.82, 2.24) is 25.0 Å². The number of nitrogens with zero attached hydrogens (tertiary/aromatic N) is 4. The van der Waals surface area contributed by atoms with Crippen LogP contribution in [0.1, 0.15) is 23.0 Å². The summed E-state index contributed by atoms with van der Waals surface area (Å²) in [6.45, 7) is 4.87. The second-order valence-electron chi connectivity index (χ2n) is 6.61. The molecule has 1 fully saturated rings. The molecule has 4 rings (SSSR count). The lowest BCUT2D eigenvalue weighted by molar-refractivity contribution is 0.103. The van der Waals surface area contributed by atoms with Gasteiger partial charge >= 0.3 is 0 Å². The van der Waals surface area contributed by atoms with Gasteiger partial charge in [-0.3, -0.25) is 14.9 Å². The minimum Gasteiger partial charge on any atom is -0.293 e. The van der Waals surface area contributed by atoms with E-state index in [1.54, 1.807) is 6.33 Å². The monoisotopic (exact) mass is 367 g/mol. The molecule has 0 amide bonds. The molecule has 0 saturated carbocycles. The van der Waals surface area contributed by atoms with Gasteiger partial charge in [-0.2, -0.15) is 5.10 Å². The van der Waals surface area contributed by atoms with Crippen molar-refractivity contribution in [3.05, 3.63) is 82.9 Å². The molecular formula is C20H22ClN5. The summed E-state index contributed by atoms with van der Waals surface area (Å²) in [6, 6.07) is 19.2. The van der Waals surface area contributed by atoms with Crippen LogP contribution in [0, 0.1) is 0 Å². The zero-order valence-corrected chi connectivity index (χ0v) is 15.3. The highest BCUT2D eigenvalue weighted by Crippen LogP contribution is 2.30. The van der Waals surface area contributed by atoms with Gasteiger partial charge in [0.25, 0.3) is 0 Å². The van der Waals surface area contributed by atoms with Crippen LogP contribution in [0.2, 0.25) is 5.02 Å². The van der Waals surface area contributed by atoms with Gasteiger partial charge in [-0.05, 0) is 23.3 Å². The van der Waals surface area contributed by atoms with E-state index in [0.717, 1.165) is 43.6 Å². The van der Waals surface area contributed by atoms with Crippen LogP contribution < -0.4 is 0 Å². The first-order chi connectivity index (χ1) is 12.8. The van der Waals surface area contributed by atoms with Crippen LogP contribution in [0.15, 0.2) is 60.9 Å². The third kappa shape index (κ3) is 3.96. The number of benzene rings is 2. The molecule has 3 aromatic rings. The van der Waals surface area contributed by atoms with E-state index in [0.29, 0.717) is 0 Å². The highest BCUT2D eigenvalue weighted by atomic mass is 35.5. The Morgan fingerprint density at radius 3 is 2.27 bits per heavy atom. The predicted molar refractivity (Wildman–Crippen MR) is 103 cm³/mol. The van der Waals surface area contributed by atoms with E-state index in [9.17, 15) is 0 Å². The molecular weight excluding hydrogens is 346 g/mol. The maximum absolute atomic E-state index is 6.10. The van der Waals surface area contributed by atoms with E-state index < -0.39 is 0 Å². The van der Waals surface area contributed by atoms with Gasteiger partial charge in [-0.25, -0.2) is 4.98 Å². The molecule has 1 aliphatic rings. The van der Waals surface area contributed by atoms with Crippen LogP contribution in [0.4, 0.5) is 0 Å². The Morgan fingerprint density at radius 2 is 1.62 bits per heavy atom. The number of H-pyrrole nitrogens is 1. The molecule has 0 aliphatic carbocycles. The molecule has 1 aliphatic heterocycles. The first-order valence-corrected chi connectivity index (χ1v) is 9.28. The zero-order chi connectivity index (χ0) is 17.8. The van der Waals surface area contributed by atoms with E-state index in [2.05, 4.69) is 67.4 Å². The lowest BCUT2D eigenvalue weighted by atomic mass is 9.96. The molecule has 2 aromatic carbocycles. The molecule has 1 atom stereocenters. The van der Waals surface area contributed by atoms with Crippen molar-refractivity contribution in [1.29, 1.82) is 0 Å². The predicted octanol–water partition coefficient (Wildman–Crippen LogP) is 3.37. The van der Waals surface area contributed by atoms with E-state index >= 15 is 0 Å². The van der Waals surface area contributed by atoms with Crippen molar-refractivity contribution < 1.29 is 0 Å². The van der Waals surface area contributed by atoms with Gasteiger partial charge < -0.3 is 0 Å². The molecule has 1 aromatic heterocycles. The maximum Gasteiger partial charge on any atom is 0.138 e. The van der Waals surface area contributed by atoms with Crippen molar-refractivity contribution in [3.8, 4) is 0 Å². The number of rotatable bonds is 5. The Balaban J connectivity index is 1.51. The van der Waals surface area contributed by atoms with Crippen LogP contribution in [-0.4, -0.2) is 51.2 Å². The van der Waals surface area contributed by atoms with Gasteiger partial charge in [0.1, 0.15) is 12.2 Å². The topological polar surface area (TPSA) is 48.1 Å².